The van der Waals surface area contributed by atoms with Crippen molar-refractivity contribution in [3.8, 4) is 11.4 Å². The molecule has 3 aromatic rings. The van der Waals surface area contributed by atoms with Crippen LogP contribution < -0.4 is 5.56 Å². The summed E-state index contributed by atoms with van der Waals surface area (Å²) in [6, 6.07) is 11.1. The zero-order valence-corrected chi connectivity index (χ0v) is 15.2. The second-order valence-electron chi connectivity index (χ2n) is 6.95. The summed E-state index contributed by atoms with van der Waals surface area (Å²) in [5, 5.41) is 3.90. The van der Waals surface area contributed by atoms with E-state index in [2.05, 4.69) is 15.1 Å². The van der Waals surface area contributed by atoms with Crippen molar-refractivity contribution in [3.63, 3.8) is 0 Å². The Morgan fingerprint density at radius 2 is 2.04 bits per heavy atom. The van der Waals surface area contributed by atoms with Crippen molar-refractivity contribution in [1.29, 1.82) is 0 Å². The van der Waals surface area contributed by atoms with Gasteiger partial charge in [0.05, 0.1) is 12.2 Å². The van der Waals surface area contributed by atoms with E-state index in [1.807, 2.05) is 44.2 Å². The number of aromatic nitrogens is 3. The lowest BCUT2D eigenvalue weighted by atomic mass is 10.1. The van der Waals surface area contributed by atoms with Crippen LogP contribution in [0.25, 0.3) is 11.4 Å². The Hall–Kier alpha value is -3.22. The minimum Gasteiger partial charge on any atom is -0.360 e. The van der Waals surface area contributed by atoms with E-state index in [4.69, 9.17) is 4.52 Å². The number of amides is 1. The summed E-state index contributed by atoms with van der Waals surface area (Å²) < 4.78 is 5.24. The van der Waals surface area contributed by atoms with Crippen molar-refractivity contribution in [2.24, 2.45) is 0 Å². The van der Waals surface area contributed by atoms with E-state index in [1.54, 1.807) is 11.0 Å². The molecule has 1 N–H and O–H groups in total. The molecule has 1 amide bonds. The summed E-state index contributed by atoms with van der Waals surface area (Å²) in [5.74, 6) is 1.14. The highest BCUT2D eigenvalue weighted by atomic mass is 16.5. The van der Waals surface area contributed by atoms with E-state index < -0.39 is 0 Å². The first-order chi connectivity index (χ1) is 13.0. The van der Waals surface area contributed by atoms with Gasteiger partial charge in [0.25, 0.3) is 11.5 Å². The third kappa shape index (κ3) is 3.28. The van der Waals surface area contributed by atoms with E-state index in [0.29, 0.717) is 35.8 Å². The van der Waals surface area contributed by atoms with Crippen LogP contribution >= 0.6 is 0 Å². The van der Waals surface area contributed by atoms with Gasteiger partial charge in [0, 0.05) is 29.7 Å². The highest BCUT2D eigenvalue weighted by Crippen LogP contribution is 2.21. The molecular weight excluding hydrogens is 344 g/mol. The lowest BCUT2D eigenvalue weighted by molar-refractivity contribution is 0.0720. The SMILES string of the molecule is CC(C)c1cc(C(=O)N2CCc3c(nc(-c4ccccc4)[nH]c3=O)C2)no1. The fourth-order valence-corrected chi connectivity index (χ4v) is 3.17. The van der Waals surface area contributed by atoms with Crippen LogP contribution in [-0.2, 0) is 13.0 Å². The Labute approximate surface area is 156 Å². The molecule has 0 fully saturated rings. The second-order valence-corrected chi connectivity index (χ2v) is 6.95. The van der Waals surface area contributed by atoms with Crippen LogP contribution in [-0.4, -0.2) is 32.5 Å². The first kappa shape index (κ1) is 17.2. The molecule has 2 aromatic heterocycles. The smallest absolute Gasteiger partial charge is 0.276 e. The molecule has 1 aliphatic heterocycles. The highest BCUT2D eigenvalue weighted by molar-refractivity contribution is 5.92. The molecule has 0 atom stereocenters. The molecule has 3 heterocycles. The van der Waals surface area contributed by atoms with E-state index in [-0.39, 0.29) is 29.6 Å². The summed E-state index contributed by atoms with van der Waals surface area (Å²) in [6.07, 6.45) is 0.466. The van der Waals surface area contributed by atoms with Crippen LogP contribution in [0.1, 0.15) is 47.3 Å². The quantitative estimate of drug-likeness (QED) is 0.771. The number of hydrogen-bond donors (Lipinski definition) is 1. The van der Waals surface area contributed by atoms with E-state index in [0.717, 1.165) is 5.56 Å². The number of fused-ring (bicyclic) bond motifs is 1. The summed E-state index contributed by atoms with van der Waals surface area (Å²) in [7, 11) is 0. The van der Waals surface area contributed by atoms with Crippen molar-refractivity contribution in [2.45, 2.75) is 32.7 Å². The van der Waals surface area contributed by atoms with E-state index >= 15 is 0 Å². The van der Waals surface area contributed by atoms with Gasteiger partial charge < -0.3 is 14.4 Å². The Bertz CT molecular complexity index is 1040. The third-order valence-electron chi connectivity index (χ3n) is 4.72. The van der Waals surface area contributed by atoms with Gasteiger partial charge in [-0.15, -0.1) is 0 Å². The normalized spacial score (nSPS) is 13.7. The van der Waals surface area contributed by atoms with Crippen molar-refractivity contribution >= 4 is 5.91 Å². The molecular formula is C20H20N4O3. The van der Waals surface area contributed by atoms with E-state index in [9.17, 15) is 9.59 Å². The van der Waals surface area contributed by atoms with Crippen LogP contribution in [0, 0.1) is 0 Å². The highest BCUT2D eigenvalue weighted by Gasteiger charge is 2.27. The number of aromatic amines is 1. The van der Waals surface area contributed by atoms with Gasteiger partial charge in [0.2, 0.25) is 0 Å². The molecule has 7 heteroatoms. The van der Waals surface area contributed by atoms with Crippen molar-refractivity contribution in [3.05, 3.63) is 69.5 Å². The van der Waals surface area contributed by atoms with Crippen molar-refractivity contribution in [2.75, 3.05) is 6.54 Å². The number of hydrogen-bond acceptors (Lipinski definition) is 5. The molecule has 0 unspecified atom stereocenters. The molecule has 1 aromatic carbocycles. The van der Waals surface area contributed by atoms with Crippen LogP contribution in [0.15, 0.2) is 45.7 Å². The minimum absolute atomic E-state index is 0.144. The maximum Gasteiger partial charge on any atom is 0.276 e. The number of carbonyl (C=O) groups excluding carboxylic acids is 1. The van der Waals surface area contributed by atoms with Gasteiger partial charge in [-0.3, -0.25) is 9.59 Å². The predicted octanol–water partition coefficient (Wildman–Crippen LogP) is 2.75. The van der Waals surface area contributed by atoms with Crippen LogP contribution in [0.3, 0.4) is 0 Å². The zero-order chi connectivity index (χ0) is 19.0. The van der Waals surface area contributed by atoms with Gasteiger partial charge in [-0.2, -0.15) is 0 Å². The molecule has 4 rings (SSSR count). The average molecular weight is 364 g/mol. The number of rotatable bonds is 3. The summed E-state index contributed by atoms with van der Waals surface area (Å²) >= 11 is 0. The molecule has 27 heavy (non-hydrogen) atoms. The number of H-pyrrole nitrogens is 1. The van der Waals surface area contributed by atoms with Crippen LogP contribution in [0.4, 0.5) is 0 Å². The minimum atomic E-state index is -0.209. The topological polar surface area (TPSA) is 92.1 Å². The van der Waals surface area contributed by atoms with Crippen LogP contribution in [0.5, 0.6) is 0 Å². The predicted molar refractivity (Wildman–Crippen MR) is 99.3 cm³/mol. The molecule has 138 valence electrons. The van der Waals surface area contributed by atoms with Gasteiger partial charge >= 0.3 is 0 Å². The Morgan fingerprint density at radius 3 is 2.74 bits per heavy atom. The third-order valence-corrected chi connectivity index (χ3v) is 4.72. The maximum atomic E-state index is 12.8. The van der Waals surface area contributed by atoms with Gasteiger partial charge in [0.15, 0.2) is 5.69 Å². The number of nitrogens with one attached hydrogen (secondary N) is 1. The monoisotopic (exact) mass is 364 g/mol. The fraction of sp³-hybridized carbons (Fsp3) is 0.300. The van der Waals surface area contributed by atoms with Gasteiger partial charge in [0.1, 0.15) is 11.6 Å². The maximum absolute atomic E-state index is 12.8. The standard InChI is InChI=1S/C20H20N4O3/c1-12(2)17-10-15(23-27-17)20(26)24-9-8-14-16(11-24)21-18(22-19(14)25)13-6-4-3-5-7-13/h3-7,10,12H,8-9,11H2,1-2H3,(H,21,22,25). The average Bonchev–Trinajstić information content (AvgIpc) is 3.18. The van der Waals surface area contributed by atoms with E-state index in [1.165, 1.54) is 0 Å². The molecule has 7 nitrogen and oxygen atoms in total. The fourth-order valence-electron chi connectivity index (χ4n) is 3.17. The Balaban J connectivity index is 1.63. The number of carbonyl (C=O) groups is 1. The molecule has 0 radical (unpaired) electrons. The first-order valence-electron chi connectivity index (χ1n) is 8.96. The Morgan fingerprint density at radius 1 is 1.26 bits per heavy atom. The van der Waals surface area contributed by atoms with Crippen molar-refractivity contribution < 1.29 is 9.32 Å². The van der Waals surface area contributed by atoms with Crippen LogP contribution in [0.2, 0.25) is 0 Å². The molecule has 0 spiro atoms. The summed E-state index contributed by atoms with van der Waals surface area (Å²) in [5.41, 5.74) is 2.25. The second kappa shape index (κ2) is 6.83. The largest absolute Gasteiger partial charge is 0.360 e. The molecule has 1 aliphatic rings. The summed E-state index contributed by atoms with van der Waals surface area (Å²) in [6.45, 7) is 4.69. The molecule has 0 bridgehead atoms. The molecule has 0 saturated heterocycles. The number of benzene rings is 1. The van der Waals surface area contributed by atoms with Gasteiger partial charge in [-0.25, -0.2) is 4.98 Å². The lowest BCUT2D eigenvalue weighted by Crippen LogP contribution is -2.39. The lowest BCUT2D eigenvalue weighted by Gasteiger charge is -2.27. The first-order valence-corrected chi connectivity index (χ1v) is 8.96. The number of nitrogens with zero attached hydrogens (tertiary/aromatic N) is 3. The Kier molecular flexibility index (Phi) is 4.35. The summed E-state index contributed by atoms with van der Waals surface area (Å²) in [4.78, 5) is 34.3. The van der Waals surface area contributed by atoms with Gasteiger partial charge in [-0.1, -0.05) is 49.3 Å². The molecule has 0 saturated carbocycles. The zero-order valence-electron chi connectivity index (χ0n) is 15.2. The molecule has 0 aliphatic carbocycles. The van der Waals surface area contributed by atoms with Crippen molar-refractivity contribution in [1.82, 2.24) is 20.0 Å². The van der Waals surface area contributed by atoms with Gasteiger partial charge in [-0.05, 0) is 6.42 Å².